The molecule has 4 rings (SSSR count). The molecule has 30 heavy (non-hydrogen) atoms. The van der Waals surface area contributed by atoms with Gasteiger partial charge in [-0.05, 0) is 35.4 Å². The van der Waals surface area contributed by atoms with Crippen molar-refractivity contribution in [3.8, 4) is 0 Å². The summed E-state index contributed by atoms with van der Waals surface area (Å²) in [5.41, 5.74) is 3.06. The van der Waals surface area contributed by atoms with E-state index in [4.69, 9.17) is 4.74 Å². The van der Waals surface area contributed by atoms with Crippen LogP contribution in [-0.2, 0) is 9.53 Å². The lowest BCUT2D eigenvalue weighted by Crippen LogP contribution is -2.45. The van der Waals surface area contributed by atoms with Crippen molar-refractivity contribution in [3.05, 3.63) is 57.9 Å². The van der Waals surface area contributed by atoms with E-state index >= 15 is 0 Å². The van der Waals surface area contributed by atoms with Gasteiger partial charge in [-0.3, -0.25) is 9.69 Å². The number of carbonyl (C=O) groups excluding carboxylic acids is 2. The van der Waals surface area contributed by atoms with Crippen LogP contribution in [0.5, 0.6) is 0 Å². The van der Waals surface area contributed by atoms with Crippen LogP contribution in [0.2, 0.25) is 0 Å². The maximum Gasteiger partial charge on any atom is 0.322 e. The molecular weight excluding hydrogens is 398 g/mol. The van der Waals surface area contributed by atoms with E-state index in [2.05, 4.69) is 24.5 Å². The van der Waals surface area contributed by atoms with Gasteiger partial charge in [-0.1, -0.05) is 32.0 Å². The van der Waals surface area contributed by atoms with Gasteiger partial charge in [-0.15, -0.1) is 11.3 Å². The third kappa shape index (κ3) is 3.87. The van der Waals surface area contributed by atoms with E-state index in [1.807, 2.05) is 41.8 Å². The third-order valence-electron chi connectivity index (χ3n) is 5.51. The molecule has 1 unspecified atom stereocenters. The summed E-state index contributed by atoms with van der Waals surface area (Å²) >= 11 is 1.56. The Morgan fingerprint density at radius 1 is 1.27 bits per heavy atom. The Morgan fingerprint density at radius 2 is 2.07 bits per heavy atom. The number of amides is 2. The minimum Gasteiger partial charge on any atom is -0.383 e. The fraction of sp³-hybridized carbons (Fsp3) is 0.391. The van der Waals surface area contributed by atoms with Gasteiger partial charge in [-0.2, -0.15) is 0 Å². The summed E-state index contributed by atoms with van der Waals surface area (Å²) in [6.07, 6.45) is 1.22. The molecule has 0 saturated carbocycles. The molecule has 1 aromatic carbocycles. The Morgan fingerprint density at radius 3 is 2.80 bits per heavy atom. The van der Waals surface area contributed by atoms with Gasteiger partial charge in [0, 0.05) is 36.2 Å². The van der Waals surface area contributed by atoms with Crippen LogP contribution in [-0.4, -0.2) is 32.1 Å². The first kappa shape index (κ1) is 20.6. The van der Waals surface area contributed by atoms with E-state index in [0.717, 1.165) is 28.4 Å². The molecule has 1 aromatic heterocycles. The monoisotopic (exact) mass is 425 g/mol. The number of anilines is 2. The lowest BCUT2D eigenvalue weighted by atomic mass is 9.74. The van der Waals surface area contributed by atoms with Crippen molar-refractivity contribution in [3.63, 3.8) is 0 Å². The summed E-state index contributed by atoms with van der Waals surface area (Å²) in [4.78, 5) is 29.5. The van der Waals surface area contributed by atoms with E-state index in [1.165, 1.54) is 0 Å². The summed E-state index contributed by atoms with van der Waals surface area (Å²) in [6, 6.07) is 11.0. The Labute approximate surface area is 180 Å². The number of urea groups is 1. The van der Waals surface area contributed by atoms with Gasteiger partial charge in [0.15, 0.2) is 5.78 Å². The van der Waals surface area contributed by atoms with Gasteiger partial charge in [-0.25, -0.2) is 4.79 Å². The molecule has 2 aromatic rings. The number of ether oxygens (including phenoxy) is 1. The number of allylic oxidation sites excluding steroid dienone is 1. The van der Waals surface area contributed by atoms with Crippen LogP contribution in [0.4, 0.5) is 16.2 Å². The molecule has 1 aliphatic carbocycles. The van der Waals surface area contributed by atoms with E-state index in [-0.39, 0.29) is 17.2 Å². The van der Waals surface area contributed by atoms with Gasteiger partial charge < -0.3 is 15.4 Å². The molecule has 0 bridgehead atoms. The average Bonchev–Trinajstić information content (AvgIpc) is 3.17. The predicted octanol–water partition coefficient (Wildman–Crippen LogP) is 4.72. The zero-order chi connectivity index (χ0) is 21.3. The highest BCUT2D eigenvalue weighted by atomic mass is 32.1. The minimum atomic E-state index is -0.470. The van der Waals surface area contributed by atoms with Crippen molar-refractivity contribution in [2.24, 2.45) is 5.41 Å². The second-order valence-electron chi connectivity index (χ2n) is 8.49. The molecule has 2 amide bonds. The number of carbonyl (C=O) groups is 2. The summed E-state index contributed by atoms with van der Waals surface area (Å²) in [5.74, 6) is 0.0923. The summed E-state index contributed by atoms with van der Waals surface area (Å²) in [5, 5.41) is 8.44. The maximum atomic E-state index is 13.4. The van der Waals surface area contributed by atoms with E-state index < -0.39 is 6.04 Å². The molecule has 2 N–H and O–H groups in total. The molecule has 0 radical (unpaired) electrons. The fourth-order valence-electron chi connectivity index (χ4n) is 4.27. The lowest BCUT2D eigenvalue weighted by Gasteiger charge is -2.36. The highest BCUT2D eigenvalue weighted by molar-refractivity contribution is 7.10. The van der Waals surface area contributed by atoms with Crippen molar-refractivity contribution >= 4 is 34.5 Å². The zero-order valence-electron chi connectivity index (χ0n) is 17.5. The smallest absolute Gasteiger partial charge is 0.322 e. The van der Waals surface area contributed by atoms with Crippen LogP contribution in [0.15, 0.2) is 53.0 Å². The molecule has 2 heterocycles. The number of benzene rings is 1. The topological polar surface area (TPSA) is 70.7 Å². The van der Waals surface area contributed by atoms with E-state index in [9.17, 15) is 9.59 Å². The molecule has 7 heteroatoms. The highest BCUT2D eigenvalue weighted by Gasteiger charge is 2.43. The van der Waals surface area contributed by atoms with Gasteiger partial charge in [0.2, 0.25) is 0 Å². The van der Waals surface area contributed by atoms with Crippen LogP contribution < -0.4 is 15.5 Å². The second kappa shape index (κ2) is 8.24. The molecule has 1 atom stereocenters. The quantitative estimate of drug-likeness (QED) is 0.696. The number of para-hydroxylation sites is 2. The Bertz CT molecular complexity index is 981. The SMILES string of the molecule is COCCNC(=O)N1c2ccccc2NC2=C(C(=O)CC(C)(C)C2)C1c1cccs1. The standard InChI is InChI=1S/C23H27N3O3S/c1-23(2)13-16-20(18(27)14-23)21(19-9-6-12-30-19)26(22(28)24-10-11-29-3)17-8-5-4-7-15(17)25-16/h4-9,12,21,25H,10-11,13-14H2,1-3H3,(H,24,28). The average molecular weight is 426 g/mol. The third-order valence-corrected chi connectivity index (χ3v) is 6.44. The summed E-state index contributed by atoms with van der Waals surface area (Å²) < 4.78 is 5.09. The van der Waals surface area contributed by atoms with Crippen molar-refractivity contribution < 1.29 is 14.3 Å². The number of Topliss-reactive ketones (excluding diaryl/α,β-unsaturated/α-hetero) is 1. The number of nitrogens with zero attached hydrogens (tertiary/aromatic N) is 1. The van der Waals surface area contributed by atoms with Crippen molar-refractivity contribution in [2.75, 3.05) is 30.5 Å². The van der Waals surface area contributed by atoms with Gasteiger partial charge >= 0.3 is 6.03 Å². The van der Waals surface area contributed by atoms with Crippen LogP contribution in [0, 0.1) is 5.41 Å². The van der Waals surface area contributed by atoms with Crippen molar-refractivity contribution in [2.45, 2.75) is 32.7 Å². The molecule has 6 nitrogen and oxygen atoms in total. The largest absolute Gasteiger partial charge is 0.383 e. The number of methoxy groups -OCH3 is 1. The van der Waals surface area contributed by atoms with Crippen LogP contribution in [0.1, 0.15) is 37.6 Å². The van der Waals surface area contributed by atoms with E-state index in [0.29, 0.717) is 25.1 Å². The minimum absolute atomic E-state index is 0.0923. The van der Waals surface area contributed by atoms with Gasteiger partial charge in [0.05, 0.1) is 18.0 Å². The second-order valence-corrected chi connectivity index (χ2v) is 9.47. The first-order valence-electron chi connectivity index (χ1n) is 10.1. The molecular formula is C23H27N3O3S. The van der Waals surface area contributed by atoms with Crippen molar-refractivity contribution in [1.82, 2.24) is 5.32 Å². The number of thiophene rings is 1. The fourth-order valence-corrected chi connectivity index (χ4v) is 5.10. The first-order chi connectivity index (χ1) is 14.4. The summed E-state index contributed by atoms with van der Waals surface area (Å²) in [7, 11) is 1.60. The molecule has 2 aliphatic rings. The van der Waals surface area contributed by atoms with Crippen LogP contribution in [0.3, 0.4) is 0 Å². The van der Waals surface area contributed by atoms with Gasteiger partial charge in [0.25, 0.3) is 0 Å². The number of fused-ring (bicyclic) bond motifs is 1. The van der Waals surface area contributed by atoms with E-state index in [1.54, 1.807) is 23.3 Å². The van der Waals surface area contributed by atoms with Crippen LogP contribution >= 0.6 is 11.3 Å². The molecule has 1 aliphatic heterocycles. The van der Waals surface area contributed by atoms with Crippen molar-refractivity contribution in [1.29, 1.82) is 0 Å². The van der Waals surface area contributed by atoms with Crippen LogP contribution in [0.25, 0.3) is 0 Å². The number of rotatable bonds is 4. The number of ketones is 1. The normalized spacial score (nSPS) is 20.2. The molecule has 0 fully saturated rings. The maximum absolute atomic E-state index is 13.4. The Hall–Kier alpha value is -2.64. The summed E-state index contributed by atoms with van der Waals surface area (Å²) in [6.45, 7) is 5.04. The van der Waals surface area contributed by atoms with Gasteiger partial charge in [0.1, 0.15) is 6.04 Å². The number of hydrogen-bond acceptors (Lipinski definition) is 5. The molecule has 158 valence electrons. The predicted molar refractivity (Wildman–Crippen MR) is 120 cm³/mol. The molecule has 0 saturated heterocycles. The number of hydrogen-bond donors (Lipinski definition) is 2. The highest BCUT2D eigenvalue weighted by Crippen LogP contribution is 2.48. The zero-order valence-corrected chi connectivity index (χ0v) is 18.3. The first-order valence-corrected chi connectivity index (χ1v) is 11.0. The Balaban J connectivity index is 1.89. The lowest BCUT2D eigenvalue weighted by molar-refractivity contribution is -0.118. The molecule has 0 spiro atoms. The Kier molecular flexibility index (Phi) is 5.66. The number of nitrogens with one attached hydrogen (secondary N) is 2.